The minimum atomic E-state index is -4.33. The van der Waals surface area contributed by atoms with Gasteiger partial charge in [-0.05, 0) is 49.3 Å². The molecule has 2 fully saturated rings. The Balaban J connectivity index is 1.30. The Labute approximate surface area is 166 Å². The molecule has 0 bridgehead atoms. The van der Waals surface area contributed by atoms with Gasteiger partial charge in [-0.25, -0.2) is 0 Å². The number of nitrogens with one attached hydrogen (secondary N) is 1. The number of aromatic amines is 1. The summed E-state index contributed by atoms with van der Waals surface area (Å²) in [7, 11) is 2.00. The van der Waals surface area contributed by atoms with Gasteiger partial charge in [0.2, 0.25) is 0 Å². The van der Waals surface area contributed by atoms with Crippen LogP contribution in [0.4, 0.5) is 13.2 Å². The third kappa shape index (κ3) is 3.13. The number of amides is 1. The number of alkyl halides is 3. The standard InChI is InChI=1S/C21H23F3N4O/c1-27-10-16-18(11-27)25-26-19(16)20(29)28-8-13-6-12(7-14(13)9-28)15-4-2-3-5-17(15)21(22,23)24/h2-5,12-14H,6-11H2,1H3,(H,25,26)/t12-,13-,14?/m1/s1. The Morgan fingerprint density at radius 3 is 2.52 bits per heavy atom. The van der Waals surface area contributed by atoms with Gasteiger partial charge in [0, 0.05) is 31.7 Å². The predicted octanol–water partition coefficient (Wildman–Crippen LogP) is 3.64. The predicted molar refractivity (Wildman–Crippen MR) is 100 cm³/mol. The van der Waals surface area contributed by atoms with Crippen LogP contribution in [-0.4, -0.2) is 46.0 Å². The van der Waals surface area contributed by atoms with Gasteiger partial charge in [0.1, 0.15) is 0 Å². The lowest BCUT2D eigenvalue weighted by Crippen LogP contribution is -2.31. The van der Waals surface area contributed by atoms with Gasteiger partial charge >= 0.3 is 6.18 Å². The van der Waals surface area contributed by atoms with Crippen LogP contribution < -0.4 is 0 Å². The van der Waals surface area contributed by atoms with Crippen molar-refractivity contribution in [3.8, 4) is 0 Å². The fraction of sp³-hybridized carbons (Fsp3) is 0.524. The molecule has 1 N–H and O–H groups in total. The SMILES string of the molecule is CN1Cc2[nH]nc(C(=O)N3CC4C[C@H](c5ccccc5C(F)(F)F)C[C@@H]4C3)c2C1. The molecule has 1 saturated carbocycles. The van der Waals surface area contributed by atoms with Crippen LogP contribution in [0.15, 0.2) is 24.3 Å². The smallest absolute Gasteiger partial charge is 0.337 e. The minimum Gasteiger partial charge on any atom is -0.337 e. The zero-order chi connectivity index (χ0) is 20.3. The maximum atomic E-state index is 13.4. The lowest BCUT2D eigenvalue weighted by molar-refractivity contribution is -0.138. The van der Waals surface area contributed by atoms with Gasteiger partial charge in [-0.15, -0.1) is 0 Å². The molecule has 1 amide bonds. The van der Waals surface area contributed by atoms with Crippen LogP contribution in [0, 0.1) is 11.8 Å². The number of halogens is 3. The van der Waals surface area contributed by atoms with Gasteiger partial charge in [0.25, 0.3) is 5.91 Å². The van der Waals surface area contributed by atoms with E-state index in [2.05, 4.69) is 15.1 Å². The van der Waals surface area contributed by atoms with Crippen molar-refractivity contribution in [1.29, 1.82) is 0 Å². The molecule has 3 aliphatic rings. The number of aromatic nitrogens is 2. The van der Waals surface area contributed by atoms with Crippen molar-refractivity contribution < 1.29 is 18.0 Å². The first kappa shape index (κ1) is 18.7. The zero-order valence-electron chi connectivity index (χ0n) is 16.2. The average molecular weight is 404 g/mol. The first-order valence-electron chi connectivity index (χ1n) is 10.0. The molecule has 8 heteroatoms. The number of carbonyl (C=O) groups excluding carboxylic acids is 1. The van der Waals surface area contributed by atoms with E-state index in [0.717, 1.165) is 17.8 Å². The molecule has 1 aliphatic carbocycles. The van der Waals surface area contributed by atoms with E-state index in [1.54, 1.807) is 12.1 Å². The summed E-state index contributed by atoms with van der Waals surface area (Å²) in [5.74, 6) is 0.350. The van der Waals surface area contributed by atoms with E-state index in [0.29, 0.717) is 43.7 Å². The number of H-pyrrole nitrogens is 1. The quantitative estimate of drug-likeness (QED) is 0.832. The van der Waals surface area contributed by atoms with Gasteiger partial charge in [0.15, 0.2) is 5.69 Å². The monoisotopic (exact) mass is 404 g/mol. The molecule has 29 heavy (non-hydrogen) atoms. The van der Waals surface area contributed by atoms with Crippen LogP contribution in [0.5, 0.6) is 0 Å². The number of carbonyl (C=O) groups is 1. The van der Waals surface area contributed by atoms with E-state index < -0.39 is 11.7 Å². The fourth-order valence-electron chi connectivity index (χ4n) is 5.46. The summed E-state index contributed by atoms with van der Waals surface area (Å²) < 4.78 is 40.2. The summed E-state index contributed by atoms with van der Waals surface area (Å²) in [6.45, 7) is 2.68. The number of likely N-dealkylation sites (tertiary alicyclic amines) is 1. The van der Waals surface area contributed by atoms with Crippen LogP contribution >= 0.6 is 0 Å². The molecule has 2 aliphatic heterocycles. The number of hydrogen-bond donors (Lipinski definition) is 1. The van der Waals surface area contributed by atoms with Crippen LogP contribution in [0.2, 0.25) is 0 Å². The minimum absolute atomic E-state index is 0.0561. The summed E-state index contributed by atoms with van der Waals surface area (Å²) in [6.07, 6.45) is -2.93. The normalized spacial score (nSPS) is 26.8. The maximum absolute atomic E-state index is 13.4. The average Bonchev–Trinajstić information content (AvgIpc) is 3.39. The maximum Gasteiger partial charge on any atom is 0.416 e. The van der Waals surface area contributed by atoms with E-state index in [-0.39, 0.29) is 23.7 Å². The first-order valence-corrected chi connectivity index (χ1v) is 10.0. The highest BCUT2D eigenvalue weighted by Crippen LogP contribution is 2.49. The molecule has 0 radical (unpaired) electrons. The van der Waals surface area contributed by atoms with Crippen molar-refractivity contribution in [3.63, 3.8) is 0 Å². The summed E-state index contributed by atoms with van der Waals surface area (Å²) in [6, 6.07) is 5.92. The lowest BCUT2D eigenvalue weighted by Gasteiger charge is -2.21. The molecule has 154 valence electrons. The van der Waals surface area contributed by atoms with Crippen molar-refractivity contribution in [3.05, 3.63) is 52.3 Å². The second-order valence-corrected chi connectivity index (χ2v) is 8.69. The highest BCUT2D eigenvalue weighted by molar-refractivity contribution is 5.94. The molecule has 3 atom stereocenters. The summed E-state index contributed by atoms with van der Waals surface area (Å²) >= 11 is 0. The largest absolute Gasteiger partial charge is 0.416 e. The van der Waals surface area contributed by atoms with Crippen molar-refractivity contribution in [2.24, 2.45) is 11.8 Å². The summed E-state index contributed by atoms with van der Waals surface area (Å²) in [5, 5.41) is 7.22. The number of benzene rings is 1. The molecule has 5 rings (SSSR count). The highest BCUT2D eigenvalue weighted by Gasteiger charge is 2.45. The Kier molecular flexibility index (Phi) is 4.24. The first-order chi connectivity index (χ1) is 13.8. The third-order valence-electron chi connectivity index (χ3n) is 6.76. The van der Waals surface area contributed by atoms with Crippen LogP contribution in [-0.2, 0) is 19.3 Å². The van der Waals surface area contributed by atoms with Gasteiger partial charge in [0.05, 0.1) is 11.3 Å². The van der Waals surface area contributed by atoms with Crippen molar-refractivity contribution in [1.82, 2.24) is 20.0 Å². The second kappa shape index (κ2) is 6.58. The summed E-state index contributed by atoms with van der Waals surface area (Å²) in [4.78, 5) is 17.0. The van der Waals surface area contributed by atoms with Crippen LogP contribution in [0.25, 0.3) is 0 Å². The number of rotatable bonds is 2. The molecular weight excluding hydrogens is 381 g/mol. The summed E-state index contributed by atoms with van der Waals surface area (Å²) in [5.41, 5.74) is 2.36. The van der Waals surface area contributed by atoms with Crippen molar-refractivity contribution in [2.75, 3.05) is 20.1 Å². The molecular formula is C21H23F3N4O. The molecule has 3 heterocycles. The third-order valence-corrected chi connectivity index (χ3v) is 6.76. The van der Waals surface area contributed by atoms with Gasteiger partial charge in [-0.2, -0.15) is 18.3 Å². The van der Waals surface area contributed by atoms with Gasteiger partial charge in [-0.1, -0.05) is 18.2 Å². The van der Waals surface area contributed by atoms with E-state index in [4.69, 9.17) is 0 Å². The number of nitrogens with zero attached hydrogens (tertiary/aromatic N) is 3. The molecule has 5 nitrogen and oxygen atoms in total. The Morgan fingerprint density at radius 2 is 1.83 bits per heavy atom. The number of fused-ring (bicyclic) bond motifs is 2. The van der Waals surface area contributed by atoms with E-state index in [1.165, 1.54) is 12.1 Å². The van der Waals surface area contributed by atoms with E-state index in [9.17, 15) is 18.0 Å². The van der Waals surface area contributed by atoms with Crippen molar-refractivity contribution in [2.45, 2.75) is 38.0 Å². The molecule has 1 aromatic carbocycles. The fourth-order valence-corrected chi connectivity index (χ4v) is 5.46. The molecule has 0 spiro atoms. The van der Waals surface area contributed by atoms with Crippen LogP contribution in [0.1, 0.15) is 51.6 Å². The highest BCUT2D eigenvalue weighted by atomic mass is 19.4. The Hall–Kier alpha value is -2.35. The van der Waals surface area contributed by atoms with Crippen LogP contribution in [0.3, 0.4) is 0 Å². The van der Waals surface area contributed by atoms with E-state index in [1.807, 2.05) is 11.9 Å². The lowest BCUT2D eigenvalue weighted by atomic mass is 9.91. The number of hydrogen-bond acceptors (Lipinski definition) is 3. The molecule has 1 unspecified atom stereocenters. The van der Waals surface area contributed by atoms with Gasteiger partial charge in [-0.3, -0.25) is 14.8 Å². The Morgan fingerprint density at radius 1 is 1.14 bits per heavy atom. The van der Waals surface area contributed by atoms with E-state index >= 15 is 0 Å². The van der Waals surface area contributed by atoms with Gasteiger partial charge < -0.3 is 4.90 Å². The molecule has 1 aromatic heterocycles. The topological polar surface area (TPSA) is 52.2 Å². The molecule has 2 aromatic rings. The molecule has 1 saturated heterocycles. The second-order valence-electron chi connectivity index (χ2n) is 8.69. The Bertz CT molecular complexity index is 940. The zero-order valence-corrected chi connectivity index (χ0v) is 16.2. The van der Waals surface area contributed by atoms with Crippen molar-refractivity contribution >= 4 is 5.91 Å².